The zero-order valence-corrected chi connectivity index (χ0v) is 27.5. The summed E-state index contributed by atoms with van der Waals surface area (Å²) >= 11 is 3.48. The molecule has 0 radical (unpaired) electrons. The Balaban J connectivity index is 1.24. The Morgan fingerprint density at radius 3 is 2.40 bits per heavy atom. The summed E-state index contributed by atoms with van der Waals surface area (Å²) in [6.07, 6.45) is 15.7. The van der Waals surface area contributed by atoms with Gasteiger partial charge in [0.15, 0.2) is 11.6 Å². The van der Waals surface area contributed by atoms with Crippen LogP contribution in [0.1, 0.15) is 91.5 Å². The van der Waals surface area contributed by atoms with Crippen molar-refractivity contribution in [1.82, 2.24) is 29.4 Å². The van der Waals surface area contributed by atoms with Gasteiger partial charge in [-0.25, -0.2) is 15.0 Å². The van der Waals surface area contributed by atoms with Gasteiger partial charge in [0.25, 0.3) is 5.91 Å². The van der Waals surface area contributed by atoms with Crippen molar-refractivity contribution >= 4 is 55.6 Å². The third kappa shape index (κ3) is 5.31. The molecule has 45 heavy (non-hydrogen) atoms. The van der Waals surface area contributed by atoms with Crippen molar-refractivity contribution in [3.05, 3.63) is 81.9 Å². The fourth-order valence-electron chi connectivity index (χ4n) is 7.29. The quantitative estimate of drug-likeness (QED) is 0.180. The number of benzene rings is 2. The number of ketones is 1. The molecule has 2 aromatic carbocycles. The van der Waals surface area contributed by atoms with Crippen molar-refractivity contribution in [2.45, 2.75) is 69.7 Å². The molecule has 9 heteroatoms. The number of rotatable bonds is 7. The van der Waals surface area contributed by atoms with Crippen LogP contribution in [0.5, 0.6) is 0 Å². The number of aryl methyl sites for hydroxylation is 2. The monoisotopic (exact) mass is 664 g/mol. The molecule has 7 rings (SSSR count). The topological polar surface area (TPSA) is 94.7 Å². The molecular weight excluding hydrogens is 628 g/mol. The van der Waals surface area contributed by atoms with Gasteiger partial charge < -0.3 is 14.5 Å². The number of allylic oxidation sites excluding steroid dienone is 1. The average molecular weight is 666 g/mol. The SMILES string of the molecule is CC(=O)/C=C/c1ccc2nc(C3(NC(=O)c4ccc5c(C6CCCCC6)c(-c6ncc(Br)cn6)n(C)c5c4)CCC3)n(C)c2c1. The molecule has 8 nitrogen and oxygen atoms in total. The summed E-state index contributed by atoms with van der Waals surface area (Å²) in [4.78, 5) is 39.8. The number of amides is 1. The van der Waals surface area contributed by atoms with Crippen LogP contribution in [0.2, 0.25) is 0 Å². The van der Waals surface area contributed by atoms with Crippen molar-refractivity contribution in [2.24, 2.45) is 14.1 Å². The second-order valence-corrected chi connectivity index (χ2v) is 13.6. The highest BCUT2D eigenvalue weighted by Crippen LogP contribution is 2.44. The first-order valence-electron chi connectivity index (χ1n) is 15.8. The van der Waals surface area contributed by atoms with E-state index in [1.165, 1.54) is 30.2 Å². The van der Waals surface area contributed by atoms with Crippen LogP contribution in [0.15, 0.2) is 59.3 Å². The van der Waals surface area contributed by atoms with Crippen LogP contribution >= 0.6 is 15.9 Å². The van der Waals surface area contributed by atoms with Crippen molar-refractivity contribution in [3.63, 3.8) is 0 Å². The molecule has 2 aliphatic carbocycles. The minimum absolute atomic E-state index is 0.00790. The molecule has 0 saturated heterocycles. The molecule has 0 aliphatic heterocycles. The number of carbonyl (C=O) groups excluding carboxylic acids is 2. The number of nitrogens with zero attached hydrogens (tertiary/aromatic N) is 5. The van der Waals surface area contributed by atoms with Crippen molar-refractivity contribution < 1.29 is 9.59 Å². The summed E-state index contributed by atoms with van der Waals surface area (Å²) in [6.45, 7) is 1.54. The second kappa shape index (κ2) is 11.7. The van der Waals surface area contributed by atoms with E-state index in [9.17, 15) is 9.59 Å². The lowest BCUT2D eigenvalue weighted by Crippen LogP contribution is -2.52. The average Bonchev–Trinajstić information content (AvgIpc) is 3.51. The minimum Gasteiger partial charge on any atom is -0.341 e. The fraction of sp³-hybridized carbons (Fsp3) is 0.361. The van der Waals surface area contributed by atoms with E-state index in [1.54, 1.807) is 25.4 Å². The van der Waals surface area contributed by atoms with E-state index in [0.29, 0.717) is 17.3 Å². The van der Waals surface area contributed by atoms with E-state index < -0.39 is 5.54 Å². The molecule has 2 aliphatic rings. The predicted octanol–water partition coefficient (Wildman–Crippen LogP) is 7.74. The van der Waals surface area contributed by atoms with Gasteiger partial charge in [0.2, 0.25) is 0 Å². The normalized spacial score (nSPS) is 16.8. The van der Waals surface area contributed by atoms with Crippen LogP contribution in [0, 0.1) is 0 Å². The van der Waals surface area contributed by atoms with Crippen LogP contribution < -0.4 is 5.32 Å². The van der Waals surface area contributed by atoms with Crippen LogP contribution in [-0.4, -0.2) is 35.8 Å². The largest absolute Gasteiger partial charge is 0.341 e. The number of imidazole rings is 1. The van der Waals surface area contributed by atoms with Crippen LogP contribution in [0.25, 0.3) is 39.5 Å². The Morgan fingerprint density at radius 1 is 0.956 bits per heavy atom. The molecule has 0 unspecified atom stereocenters. The minimum atomic E-state index is -0.535. The maximum atomic E-state index is 14.0. The highest BCUT2D eigenvalue weighted by Gasteiger charge is 2.44. The third-order valence-corrected chi connectivity index (χ3v) is 10.2. The van der Waals surface area contributed by atoms with Crippen molar-refractivity contribution in [3.8, 4) is 11.5 Å². The van der Waals surface area contributed by atoms with Gasteiger partial charge in [-0.3, -0.25) is 9.59 Å². The first-order chi connectivity index (χ1) is 21.7. The lowest BCUT2D eigenvalue weighted by molar-refractivity contribution is -0.112. The van der Waals surface area contributed by atoms with E-state index in [1.807, 2.05) is 43.5 Å². The number of aromatic nitrogens is 5. The van der Waals surface area contributed by atoms with E-state index in [0.717, 1.165) is 70.2 Å². The first-order valence-corrected chi connectivity index (χ1v) is 16.6. The van der Waals surface area contributed by atoms with Gasteiger partial charge in [-0.1, -0.05) is 37.5 Å². The molecule has 1 amide bonds. The Labute approximate surface area is 271 Å². The number of carbonyl (C=O) groups is 2. The first kappa shape index (κ1) is 29.6. The number of hydrogen-bond acceptors (Lipinski definition) is 5. The van der Waals surface area contributed by atoms with Crippen molar-refractivity contribution in [1.29, 1.82) is 0 Å². The summed E-state index contributed by atoms with van der Waals surface area (Å²) in [6, 6.07) is 12.1. The third-order valence-electron chi connectivity index (χ3n) is 9.75. The second-order valence-electron chi connectivity index (χ2n) is 12.7. The Kier molecular flexibility index (Phi) is 7.68. The Bertz CT molecular complexity index is 1980. The van der Waals surface area contributed by atoms with E-state index in [4.69, 9.17) is 4.98 Å². The van der Waals surface area contributed by atoms with Gasteiger partial charge in [0.05, 0.1) is 26.7 Å². The molecule has 3 heterocycles. The zero-order valence-electron chi connectivity index (χ0n) is 25.9. The maximum Gasteiger partial charge on any atom is 0.252 e. The molecule has 1 N–H and O–H groups in total. The Hall–Kier alpha value is -4.11. The van der Waals surface area contributed by atoms with Gasteiger partial charge in [-0.05, 0) is 102 Å². The number of halogens is 1. The lowest BCUT2D eigenvalue weighted by Gasteiger charge is -2.41. The van der Waals surface area contributed by atoms with E-state index in [2.05, 4.69) is 53.5 Å². The Morgan fingerprint density at radius 2 is 1.71 bits per heavy atom. The van der Waals surface area contributed by atoms with Gasteiger partial charge >= 0.3 is 0 Å². The molecular formula is C36H37BrN6O2. The number of nitrogens with one attached hydrogen (secondary N) is 1. The standard InChI is InChI=1S/C36H37BrN6O2/c1-22(44)10-11-23-12-15-28-30(18-23)43(3)35(40-28)36(16-7-17-36)41-34(45)25-13-14-27-29(19-25)42(2)32(33-38-20-26(37)21-39-33)31(27)24-8-5-4-6-9-24/h10-15,18-21,24H,4-9,16-17H2,1-3H3,(H,41,45)/b11-10+. The van der Waals surface area contributed by atoms with Gasteiger partial charge in [-0.15, -0.1) is 0 Å². The highest BCUT2D eigenvalue weighted by atomic mass is 79.9. The maximum absolute atomic E-state index is 14.0. The molecule has 5 aromatic rings. The van der Waals surface area contributed by atoms with Crippen LogP contribution in [0.3, 0.4) is 0 Å². The smallest absolute Gasteiger partial charge is 0.252 e. The summed E-state index contributed by atoms with van der Waals surface area (Å²) < 4.78 is 5.10. The molecule has 230 valence electrons. The molecule has 2 fully saturated rings. The summed E-state index contributed by atoms with van der Waals surface area (Å²) in [5, 5.41) is 4.58. The molecule has 2 saturated carbocycles. The number of fused-ring (bicyclic) bond motifs is 2. The zero-order chi connectivity index (χ0) is 31.3. The van der Waals surface area contributed by atoms with Gasteiger partial charge in [0.1, 0.15) is 5.82 Å². The molecule has 0 atom stereocenters. The lowest BCUT2D eigenvalue weighted by atomic mass is 9.75. The summed E-state index contributed by atoms with van der Waals surface area (Å²) in [5.41, 5.74) is 6.23. The van der Waals surface area contributed by atoms with Gasteiger partial charge in [0, 0.05) is 43.0 Å². The summed E-state index contributed by atoms with van der Waals surface area (Å²) in [5.74, 6) is 1.92. The van der Waals surface area contributed by atoms with Crippen molar-refractivity contribution in [2.75, 3.05) is 0 Å². The predicted molar refractivity (Wildman–Crippen MR) is 181 cm³/mol. The van der Waals surface area contributed by atoms with Crippen LogP contribution in [0.4, 0.5) is 0 Å². The van der Waals surface area contributed by atoms with E-state index >= 15 is 0 Å². The van der Waals surface area contributed by atoms with Crippen LogP contribution in [-0.2, 0) is 24.4 Å². The molecule has 3 aromatic heterocycles. The number of hydrogen-bond donors (Lipinski definition) is 1. The highest BCUT2D eigenvalue weighted by molar-refractivity contribution is 9.10. The molecule has 0 spiro atoms. The van der Waals surface area contributed by atoms with E-state index in [-0.39, 0.29) is 11.7 Å². The summed E-state index contributed by atoms with van der Waals surface area (Å²) in [7, 11) is 4.06. The molecule has 0 bridgehead atoms. The van der Waals surface area contributed by atoms with Gasteiger partial charge in [-0.2, -0.15) is 0 Å². The fourth-order valence-corrected chi connectivity index (χ4v) is 7.50.